The summed E-state index contributed by atoms with van der Waals surface area (Å²) in [6, 6.07) is 0. The van der Waals surface area contributed by atoms with Crippen LogP contribution in [-0.2, 0) is 4.84 Å². The molecule has 0 aromatic heterocycles. The molecule has 3 N–H and O–H groups in total. The van der Waals surface area contributed by atoms with Crippen molar-refractivity contribution in [3.8, 4) is 0 Å². The number of hydrogen-bond donors (Lipinski definition) is 3. The first kappa shape index (κ1) is 32.8. The molecule has 0 aliphatic carbocycles. The van der Waals surface area contributed by atoms with Crippen molar-refractivity contribution in [2.75, 3.05) is 32.7 Å². The second kappa shape index (κ2) is 23.6. The number of hydrogen-bond acceptors (Lipinski definition) is 4. The molecule has 2 atom stereocenters. The zero-order valence-electron chi connectivity index (χ0n) is 23.7. The Bertz CT molecular complexity index is 389. The molecule has 0 bridgehead atoms. The van der Waals surface area contributed by atoms with Gasteiger partial charge in [-0.1, -0.05) is 98.3 Å². The van der Waals surface area contributed by atoms with Gasteiger partial charge in [-0.3, -0.25) is 4.84 Å². The van der Waals surface area contributed by atoms with Crippen molar-refractivity contribution in [3.05, 3.63) is 0 Å². The molecule has 33 heavy (non-hydrogen) atoms. The van der Waals surface area contributed by atoms with Gasteiger partial charge < -0.3 is 10.6 Å². The van der Waals surface area contributed by atoms with E-state index in [-0.39, 0.29) is 5.60 Å². The molecular formula is C29H63N3O. The van der Waals surface area contributed by atoms with Crippen molar-refractivity contribution in [3.63, 3.8) is 0 Å². The van der Waals surface area contributed by atoms with Gasteiger partial charge in [0.25, 0.3) is 0 Å². The third-order valence-electron chi connectivity index (χ3n) is 7.01. The Morgan fingerprint density at radius 2 is 1.27 bits per heavy atom. The third-order valence-corrected chi connectivity index (χ3v) is 7.01. The maximum absolute atomic E-state index is 5.67. The topological polar surface area (TPSA) is 45.3 Å². The minimum atomic E-state index is -0.0709. The summed E-state index contributed by atoms with van der Waals surface area (Å²) in [6.45, 7) is 18.7. The fourth-order valence-corrected chi connectivity index (χ4v) is 4.29. The van der Waals surface area contributed by atoms with E-state index in [1.807, 2.05) is 0 Å². The van der Waals surface area contributed by atoms with E-state index in [2.05, 4.69) is 57.7 Å². The maximum Gasteiger partial charge on any atom is 0.0838 e. The minimum absolute atomic E-state index is 0.0709. The zero-order chi connectivity index (χ0) is 24.6. The molecule has 0 radical (unpaired) electrons. The summed E-state index contributed by atoms with van der Waals surface area (Å²) in [5.74, 6) is 1.80. The molecule has 0 aromatic rings. The first-order valence-corrected chi connectivity index (χ1v) is 14.8. The first-order chi connectivity index (χ1) is 15.9. The van der Waals surface area contributed by atoms with Crippen LogP contribution in [0.3, 0.4) is 0 Å². The van der Waals surface area contributed by atoms with Crippen LogP contribution in [-0.4, -0.2) is 38.3 Å². The van der Waals surface area contributed by atoms with Gasteiger partial charge in [0.05, 0.1) is 5.60 Å². The molecule has 0 spiro atoms. The smallest absolute Gasteiger partial charge is 0.0838 e. The molecule has 4 heteroatoms. The molecule has 0 aliphatic heterocycles. The average Bonchev–Trinajstić information content (AvgIpc) is 2.80. The lowest BCUT2D eigenvalue weighted by molar-refractivity contribution is -0.0851. The third kappa shape index (κ3) is 23.4. The molecule has 2 unspecified atom stereocenters. The van der Waals surface area contributed by atoms with Crippen molar-refractivity contribution >= 4 is 0 Å². The first-order valence-electron chi connectivity index (χ1n) is 14.8. The highest BCUT2D eigenvalue weighted by Crippen LogP contribution is 2.24. The number of rotatable bonds is 26. The maximum atomic E-state index is 5.67. The Hall–Kier alpha value is -0.160. The molecule has 0 rings (SSSR count). The molecule has 4 nitrogen and oxygen atoms in total. The molecule has 0 aromatic carbocycles. The number of hydroxylamine groups is 1. The molecular weight excluding hydrogens is 406 g/mol. The van der Waals surface area contributed by atoms with Gasteiger partial charge in [-0.25, -0.2) is 5.48 Å². The van der Waals surface area contributed by atoms with Crippen LogP contribution in [0.2, 0.25) is 0 Å². The van der Waals surface area contributed by atoms with Gasteiger partial charge in [0.15, 0.2) is 0 Å². The van der Waals surface area contributed by atoms with E-state index in [9.17, 15) is 0 Å². The standard InChI is InChI=1S/C29H63N3O/c1-7-10-13-19-28(21-16-15-18-27(4)26-31-22-8-2)20-14-11-12-17-23-30-24-25-32-33-29(5,6)9-3/h27-28,30-32H,7-26H2,1-6H3. The Kier molecular flexibility index (Phi) is 23.5. The summed E-state index contributed by atoms with van der Waals surface area (Å²) in [5, 5.41) is 7.11. The molecule has 0 saturated heterocycles. The van der Waals surface area contributed by atoms with Gasteiger partial charge in [-0.15, -0.1) is 0 Å². The monoisotopic (exact) mass is 469 g/mol. The summed E-state index contributed by atoms with van der Waals surface area (Å²) < 4.78 is 0. The van der Waals surface area contributed by atoms with Crippen LogP contribution in [0, 0.1) is 11.8 Å². The van der Waals surface area contributed by atoms with Crippen LogP contribution >= 0.6 is 0 Å². The fourth-order valence-electron chi connectivity index (χ4n) is 4.29. The van der Waals surface area contributed by atoms with Crippen molar-refractivity contribution in [1.82, 2.24) is 16.1 Å². The van der Waals surface area contributed by atoms with Crippen molar-refractivity contribution in [2.45, 2.75) is 143 Å². The van der Waals surface area contributed by atoms with E-state index in [1.165, 1.54) is 103 Å². The van der Waals surface area contributed by atoms with Crippen LogP contribution < -0.4 is 16.1 Å². The van der Waals surface area contributed by atoms with Crippen LogP contribution in [0.1, 0.15) is 138 Å². The highest BCUT2D eigenvalue weighted by Gasteiger charge is 2.14. The van der Waals surface area contributed by atoms with E-state index in [0.717, 1.165) is 37.9 Å². The molecule has 0 heterocycles. The molecule has 200 valence electrons. The van der Waals surface area contributed by atoms with Gasteiger partial charge in [-0.2, -0.15) is 0 Å². The van der Waals surface area contributed by atoms with Gasteiger partial charge in [0.1, 0.15) is 0 Å². The lowest BCUT2D eigenvalue weighted by atomic mass is 9.89. The normalized spacial score (nSPS) is 14.0. The Morgan fingerprint density at radius 3 is 1.94 bits per heavy atom. The Labute approximate surface area is 209 Å². The largest absolute Gasteiger partial charge is 0.316 e. The van der Waals surface area contributed by atoms with Crippen LogP contribution in [0.5, 0.6) is 0 Å². The molecule has 0 aliphatic rings. The van der Waals surface area contributed by atoms with Crippen molar-refractivity contribution in [2.24, 2.45) is 11.8 Å². The summed E-state index contributed by atoms with van der Waals surface area (Å²) in [7, 11) is 0. The van der Waals surface area contributed by atoms with Gasteiger partial charge in [0.2, 0.25) is 0 Å². The molecule has 0 amide bonds. The van der Waals surface area contributed by atoms with E-state index in [0.29, 0.717) is 0 Å². The highest BCUT2D eigenvalue weighted by molar-refractivity contribution is 4.65. The molecule has 0 fully saturated rings. The predicted octanol–water partition coefficient (Wildman–Crippen LogP) is 7.63. The number of unbranched alkanes of at least 4 members (excludes halogenated alkanes) is 6. The van der Waals surface area contributed by atoms with E-state index < -0.39 is 0 Å². The zero-order valence-corrected chi connectivity index (χ0v) is 23.7. The van der Waals surface area contributed by atoms with Crippen LogP contribution in [0.25, 0.3) is 0 Å². The molecule has 0 saturated carbocycles. The average molecular weight is 470 g/mol. The summed E-state index contributed by atoms with van der Waals surface area (Å²) in [5.41, 5.74) is 3.02. The predicted molar refractivity (Wildman–Crippen MR) is 148 cm³/mol. The second-order valence-corrected chi connectivity index (χ2v) is 11.0. The van der Waals surface area contributed by atoms with Gasteiger partial charge in [-0.05, 0) is 71.0 Å². The fraction of sp³-hybridized carbons (Fsp3) is 1.00. The quantitative estimate of drug-likeness (QED) is 0.0900. The Morgan fingerprint density at radius 1 is 0.636 bits per heavy atom. The highest BCUT2D eigenvalue weighted by atomic mass is 16.7. The van der Waals surface area contributed by atoms with Crippen molar-refractivity contribution < 1.29 is 4.84 Å². The van der Waals surface area contributed by atoms with Crippen molar-refractivity contribution in [1.29, 1.82) is 0 Å². The van der Waals surface area contributed by atoms with Crippen LogP contribution in [0.15, 0.2) is 0 Å². The second-order valence-electron chi connectivity index (χ2n) is 11.0. The van der Waals surface area contributed by atoms with Gasteiger partial charge in [0, 0.05) is 13.1 Å². The minimum Gasteiger partial charge on any atom is -0.316 e. The number of nitrogens with one attached hydrogen (secondary N) is 3. The Balaban J connectivity index is 3.74. The van der Waals surface area contributed by atoms with Crippen LogP contribution in [0.4, 0.5) is 0 Å². The summed E-state index contributed by atoms with van der Waals surface area (Å²) >= 11 is 0. The lowest BCUT2D eigenvalue weighted by Crippen LogP contribution is -2.35. The van der Waals surface area contributed by atoms with E-state index in [1.54, 1.807) is 0 Å². The lowest BCUT2D eigenvalue weighted by Gasteiger charge is -2.23. The SMILES string of the molecule is CCCCCC(CCCCCCNCCNOC(C)(C)CC)CCCCC(C)CNCCC. The summed E-state index contributed by atoms with van der Waals surface area (Å²) in [6.07, 6.45) is 20.6. The summed E-state index contributed by atoms with van der Waals surface area (Å²) in [4.78, 5) is 5.67. The van der Waals surface area contributed by atoms with E-state index >= 15 is 0 Å². The van der Waals surface area contributed by atoms with Gasteiger partial charge >= 0.3 is 0 Å². The van der Waals surface area contributed by atoms with E-state index in [4.69, 9.17) is 4.84 Å².